The monoisotopic (exact) mass is 396 g/mol. The molecule has 0 bridgehead atoms. The van der Waals surface area contributed by atoms with Gasteiger partial charge < -0.3 is 5.32 Å². The van der Waals surface area contributed by atoms with Gasteiger partial charge in [-0.05, 0) is 31.9 Å². The van der Waals surface area contributed by atoms with E-state index >= 15 is 0 Å². The van der Waals surface area contributed by atoms with Crippen molar-refractivity contribution in [2.75, 3.05) is 0 Å². The van der Waals surface area contributed by atoms with E-state index in [4.69, 9.17) is 16.7 Å². The number of sulfonamides is 1. The van der Waals surface area contributed by atoms with Gasteiger partial charge in [0.15, 0.2) is 0 Å². The third-order valence-corrected chi connectivity index (χ3v) is 5.44. The molecule has 0 saturated heterocycles. The second-order valence-electron chi connectivity index (χ2n) is 5.03. The molecule has 1 rings (SSSR count). The highest BCUT2D eigenvalue weighted by atomic mass is 79.9. The average molecular weight is 398 g/mol. The molecular formula is C13H18BrClN2O3S. The second-order valence-corrected chi connectivity index (χ2v) is 7.86. The third-order valence-electron chi connectivity index (χ3n) is 3.53. The molecule has 0 aliphatic carbocycles. The van der Waals surface area contributed by atoms with E-state index in [1.807, 2.05) is 20.8 Å². The van der Waals surface area contributed by atoms with Crippen LogP contribution in [0.5, 0.6) is 0 Å². The number of carbonyl (C=O) groups is 1. The van der Waals surface area contributed by atoms with Crippen molar-refractivity contribution in [1.29, 1.82) is 0 Å². The Morgan fingerprint density at radius 1 is 1.38 bits per heavy atom. The molecule has 0 fully saturated rings. The van der Waals surface area contributed by atoms with Gasteiger partial charge >= 0.3 is 0 Å². The molecule has 1 aromatic rings. The SMILES string of the molecule is CCC(C)(CC)NC(=O)c1cc(Br)cc(S(N)(=O)=O)c1Cl. The molecule has 0 unspecified atom stereocenters. The lowest BCUT2D eigenvalue weighted by molar-refractivity contribution is 0.0901. The summed E-state index contributed by atoms with van der Waals surface area (Å²) in [6.07, 6.45) is 1.48. The molecule has 0 aliphatic rings. The lowest BCUT2D eigenvalue weighted by Crippen LogP contribution is -2.45. The lowest BCUT2D eigenvalue weighted by atomic mass is 9.95. The minimum absolute atomic E-state index is 0.0724. The zero-order valence-corrected chi connectivity index (χ0v) is 15.2. The summed E-state index contributed by atoms with van der Waals surface area (Å²) in [6.45, 7) is 5.83. The van der Waals surface area contributed by atoms with Gasteiger partial charge in [-0.15, -0.1) is 0 Å². The van der Waals surface area contributed by atoms with Crippen LogP contribution in [0.2, 0.25) is 5.02 Å². The second kappa shape index (κ2) is 6.64. The number of carbonyl (C=O) groups excluding carboxylic acids is 1. The van der Waals surface area contributed by atoms with Crippen LogP contribution < -0.4 is 10.5 Å². The lowest BCUT2D eigenvalue weighted by Gasteiger charge is -2.28. The zero-order chi connectivity index (χ0) is 16.4. The number of nitrogens with two attached hydrogens (primary N) is 1. The summed E-state index contributed by atoms with van der Waals surface area (Å²) in [4.78, 5) is 12.1. The summed E-state index contributed by atoms with van der Waals surface area (Å²) in [5.74, 6) is -0.433. The Morgan fingerprint density at radius 3 is 2.33 bits per heavy atom. The summed E-state index contributed by atoms with van der Waals surface area (Å²) in [5.41, 5.74) is -0.312. The Kier molecular flexibility index (Phi) is 5.83. The summed E-state index contributed by atoms with van der Waals surface area (Å²) in [7, 11) is -4.01. The maximum absolute atomic E-state index is 12.4. The number of amides is 1. The fourth-order valence-corrected chi connectivity index (χ4v) is 3.48. The Labute approximate surface area is 138 Å². The highest BCUT2D eigenvalue weighted by molar-refractivity contribution is 9.10. The van der Waals surface area contributed by atoms with Crippen molar-refractivity contribution in [1.82, 2.24) is 5.32 Å². The van der Waals surface area contributed by atoms with E-state index in [1.165, 1.54) is 12.1 Å². The quantitative estimate of drug-likeness (QED) is 0.800. The van der Waals surface area contributed by atoms with Crippen LogP contribution in [0.4, 0.5) is 0 Å². The van der Waals surface area contributed by atoms with E-state index in [0.717, 1.165) is 12.8 Å². The Hall–Kier alpha value is -0.630. The van der Waals surface area contributed by atoms with E-state index in [1.54, 1.807) is 0 Å². The van der Waals surface area contributed by atoms with Crippen LogP contribution in [0.1, 0.15) is 44.0 Å². The van der Waals surface area contributed by atoms with Crippen molar-refractivity contribution in [2.24, 2.45) is 5.14 Å². The first-order valence-corrected chi connectivity index (χ1v) is 9.10. The van der Waals surface area contributed by atoms with Crippen molar-refractivity contribution >= 4 is 43.5 Å². The molecule has 0 heterocycles. The summed E-state index contributed by atoms with van der Waals surface area (Å²) >= 11 is 9.20. The van der Waals surface area contributed by atoms with E-state index in [9.17, 15) is 13.2 Å². The van der Waals surface area contributed by atoms with Crippen LogP contribution in [-0.2, 0) is 10.0 Å². The van der Waals surface area contributed by atoms with Gasteiger partial charge in [0, 0.05) is 10.0 Å². The van der Waals surface area contributed by atoms with Crippen LogP contribution in [0.3, 0.4) is 0 Å². The first-order chi connectivity index (χ1) is 9.54. The smallest absolute Gasteiger partial charge is 0.253 e. The van der Waals surface area contributed by atoms with Crippen LogP contribution in [-0.4, -0.2) is 19.9 Å². The van der Waals surface area contributed by atoms with Crippen molar-refractivity contribution in [3.63, 3.8) is 0 Å². The molecule has 0 aromatic heterocycles. The zero-order valence-electron chi connectivity index (χ0n) is 12.0. The minimum Gasteiger partial charge on any atom is -0.347 e. The topological polar surface area (TPSA) is 89.3 Å². The molecule has 1 amide bonds. The third kappa shape index (κ3) is 4.42. The van der Waals surface area contributed by atoms with Gasteiger partial charge in [-0.1, -0.05) is 41.4 Å². The highest BCUT2D eigenvalue weighted by Crippen LogP contribution is 2.29. The molecule has 0 atom stereocenters. The maximum atomic E-state index is 12.4. The average Bonchev–Trinajstić information content (AvgIpc) is 2.39. The number of hydrogen-bond donors (Lipinski definition) is 2. The first kappa shape index (κ1) is 18.4. The van der Waals surface area contributed by atoms with E-state index in [0.29, 0.717) is 4.47 Å². The van der Waals surface area contributed by atoms with Gasteiger partial charge in [-0.3, -0.25) is 4.79 Å². The van der Waals surface area contributed by atoms with Crippen LogP contribution in [0, 0.1) is 0 Å². The maximum Gasteiger partial charge on any atom is 0.253 e. The molecule has 0 aliphatic heterocycles. The number of primary sulfonamides is 1. The van der Waals surface area contributed by atoms with Gasteiger partial charge in [0.05, 0.1) is 10.6 Å². The Morgan fingerprint density at radius 2 is 1.90 bits per heavy atom. The van der Waals surface area contributed by atoms with Gasteiger partial charge in [-0.25, -0.2) is 13.6 Å². The number of halogens is 2. The largest absolute Gasteiger partial charge is 0.347 e. The van der Waals surface area contributed by atoms with Gasteiger partial charge in [0.1, 0.15) is 4.90 Å². The van der Waals surface area contributed by atoms with Gasteiger partial charge in [0.25, 0.3) is 5.91 Å². The van der Waals surface area contributed by atoms with Crippen LogP contribution >= 0.6 is 27.5 Å². The summed E-state index contributed by atoms with van der Waals surface area (Å²) in [6, 6.07) is 2.74. The molecule has 0 spiro atoms. The number of hydrogen-bond acceptors (Lipinski definition) is 3. The predicted octanol–water partition coefficient (Wildman–Crippen LogP) is 3.06. The molecule has 3 N–H and O–H groups in total. The van der Waals surface area contributed by atoms with Crippen molar-refractivity contribution in [3.8, 4) is 0 Å². The predicted molar refractivity (Wildman–Crippen MR) is 87.0 cm³/mol. The Bertz CT molecular complexity index is 658. The van der Waals surface area contributed by atoms with E-state index < -0.39 is 15.9 Å². The van der Waals surface area contributed by atoms with Crippen molar-refractivity contribution in [2.45, 2.75) is 44.0 Å². The minimum atomic E-state index is -4.01. The molecule has 21 heavy (non-hydrogen) atoms. The molecule has 0 radical (unpaired) electrons. The molecule has 8 heteroatoms. The number of nitrogens with one attached hydrogen (secondary N) is 1. The fraction of sp³-hybridized carbons (Fsp3) is 0.462. The van der Waals surface area contributed by atoms with Crippen molar-refractivity contribution < 1.29 is 13.2 Å². The van der Waals surface area contributed by atoms with Gasteiger partial charge in [-0.2, -0.15) is 0 Å². The summed E-state index contributed by atoms with van der Waals surface area (Å²) in [5, 5.41) is 7.81. The van der Waals surface area contributed by atoms with Crippen molar-refractivity contribution in [3.05, 3.63) is 27.2 Å². The highest BCUT2D eigenvalue weighted by Gasteiger charge is 2.26. The van der Waals surface area contributed by atoms with Gasteiger partial charge in [0.2, 0.25) is 10.0 Å². The number of rotatable bonds is 5. The molecule has 5 nitrogen and oxygen atoms in total. The summed E-state index contributed by atoms with van der Waals surface area (Å²) < 4.78 is 23.5. The fourth-order valence-electron chi connectivity index (χ4n) is 1.70. The normalized spacial score (nSPS) is 12.3. The van der Waals surface area contributed by atoms with E-state index in [2.05, 4.69) is 21.2 Å². The van der Waals surface area contributed by atoms with Crippen LogP contribution in [0.25, 0.3) is 0 Å². The number of benzene rings is 1. The molecule has 118 valence electrons. The Balaban J connectivity index is 3.32. The molecular weight excluding hydrogens is 380 g/mol. The van der Waals surface area contributed by atoms with E-state index in [-0.39, 0.29) is 21.0 Å². The standard InChI is InChI=1S/C13H18BrClN2O3S/c1-4-13(3,5-2)17-12(18)9-6-8(14)7-10(11(9)15)21(16,19)20/h6-7H,4-5H2,1-3H3,(H,17,18)(H2,16,19,20). The van der Waals surface area contributed by atoms with Crippen LogP contribution in [0.15, 0.2) is 21.5 Å². The molecule has 0 saturated carbocycles. The molecule has 1 aromatic carbocycles. The first-order valence-electron chi connectivity index (χ1n) is 6.38.